The van der Waals surface area contributed by atoms with Crippen molar-refractivity contribution in [1.82, 2.24) is 9.55 Å². The molecule has 17 heavy (non-hydrogen) atoms. The third-order valence-electron chi connectivity index (χ3n) is 2.53. The fourth-order valence-corrected chi connectivity index (χ4v) is 1.63. The minimum Gasteiger partial charge on any atom is -0.330 e. The van der Waals surface area contributed by atoms with Gasteiger partial charge in [-0.15, -0.1) is 0 Å². The zero-order valence-electron chi connectivity index (χ0n) is 9.21. The average molecular weight is 225 g/mol. The Bertz CT molecular complexity index is 549. The standard InChI is InChI=1S/C13H11N3O/c14-7-11-1-3-12(4-2-11)9-16-10-15-8-13(16)5-6-17/h1-4,6,8,10H,5,9H2. The van der Waals surface area contributed by atoms with Gasteiger partial charge in [0, 0.05) is 24.9 Å². The van der Waals surface area contributed by atoms with E-state index in [1.807, 2.05) is 16.7 Å². The first-order chi connectivity index (χ1) is 8.33. The Labute approximate surface area is 99.1 Å². The summed E-state index contributed by atoms with van der Waals surface area (Å²) in [4.78, 5) is 14.5. The van der Waals surface area contributed by atoms with E-state index in [-0.39, 0.29) is 0 Å². The van der Waals surface area contributed by atoms with Crippen LogP contribution in [0.4, 0.5) is 0 Å². The summed E-state index contributed by atoms with van der Waals surface area (Å²) in [7, 11) is 0. The number of benzene rings is 1. The number of hydrogen-bond acceptors (Lipinski definition) is 3. The molecule has 0 bridgehead atoms. The minimum absolute atomic E-state index is 0.371. The predicted octanol–water partition coefficient (Wildman–Crippen LogP) is 1.54. The first-order valence-corrected chi connectivity index (χ1v) is 5.25. The second kappa shape index (κ2) is 5.08. The molecule has 0 saturated heterocycles. The number of aromatic nitrogens is 2. The van der Waals surface area contributed by atoms with Gasteiger partial charge in [0.05, 0.1) is 18.0 Å². The van der Waals surface area contributed by atoms with Crippen LogP contribution in [0.3, 0.4) is 0 Å². The van der Waals surface area contributed by atoms with Crippen LogP contribution < -0.4 is 0 Å². The van der Waals surface area contributed by atoms with Gasteiger partial charge in [-0.05, 0) is 17.7 Å². The fourth-order valence-electron chi connectivity index (χ4n) is 1.63. The van der Waals surface area contributed by atoms with E-state index in [0.717, 1.165) is 17.5 Å². The van der Waals surface area contributed by atoms with Crippen molar-refractivity contribution >= 4 is 6.29 Å². The third-order valence-corrected chi connectivity index (χ3v) is 2.53. The van der Waals surface area contributed by atoms with Gasteiger partial charge in [-0.3, -0.25) is 0 Å². The number of nitrogens with zero attached hydrogens (tertiary/aromatic N) is 3. The van der Waals surface area contributed by atoms with Gasteiger partial charge in [0.15, 0.2) is 0 Å². The molecule has 2 rings (SSSR count). The molecular weight excluding hydrogens is 214 g/mol. The van der Waals surface area contributed by atoms with Crippen LogP contribution in [0, 0.1) is 11.3 Å². The van der Waals surface area contributed by atoms with Crippen LogP contribution in [-0.2, 0) is 17.8 Å². The van der Waals surface area contributed by atoms with E-state index in [2.05, 4.69) is 11.1 Å². The molecule has 0 radical (unpaired) electrons. The molecule has 0 N–H and O–H groups in total. The molecule has 0 saturated carbocycles. The maximum Gasteiger partial charge on any atom is 0.125 e. The van der Waals surface area contributed by atoms with Crippen LogP contribution in [-0.4, -0.2) is 15.8 Å². The molecule has 1 aromatic carbocycles. The third kappa shape index (κ3) is 2.58. The molecule has 1 heterocycles. The van der Waals surface area contributed by atoms with Crippen molar-refractivity contribution in [3.05, 3.63) is 53.6 Å². The molecule has 0 amide bonds. The summed E-state index contributed by atoms with van der Waals surface area (Å²) in [5.74, 6) is 0. The van der Waals surface area contributed by atoms with Crippen molar-refractivity contribution < 1.29 is 4.79 Å². The topological polar surface area (TPSA) is 58.7 Å². The summed E-state index contributed by atoms with van der Waals surface area (Å²) in [5, 5.41) is 8.70. The minimum atomic E-state index is 0.371. The number of rotatable bonds is 4. The van der Waals surface area contributed by atoms with Gasteiger partial charge in [0.1, 0.15) is 6.29 Å². The Morgan fingerprint density at radius 3 is 2.76 bits per heavy atom. The summed E-state index contributed by atoms with van der Waals surface area (Å²) in [6, 6.07) is 9.46. The summed E-state index contributed by atoms with van der Waals surface area (Å²) in [6.45, 7) is 0.662. The Hall–Kier alpha value is -2.41. The van der Waals surface area contributed by atoms with Crippen molar-refractivity contribution in [2.45, 2.75) is 13.0 Å². The van der Waals surface area contributed by atoms with E-state index in [1.54, 1.807) is 24.7 Å². The molecule has 4 heteroatoms. The van der Waals surface area contributed by atoms with E-state index in [0.29, 0.717) is 18.5 Å². The second-order valence-corrected chi connectivity index (χ2v) is 3.69. The van der Waals surface area contributed by atoms with E-state index in [9.17, 15) is 4.79 Å². The molecule has 0 unspecified atom stereocenters. The normalized spacial score (nSPS) is 9.82. The fraction of sp³-hybridized carbons (Fsp3) is 0.154. The molecule has 2 aromatic rings. The summed E-state index contributed by atoms with van der Waals surface area (Å²) < 4.78 is 1.93. The van der Waals surface area contributed by atoms with E-state index in [4.69, 9.17) is 5.26 Å². The number of hydrogen-bond donors (Lipinski definition) is 0. The van der Waals surface area contributed by atoms with Crippen LogP contribution in [0.1, 0.15) is 16.8 Å². The molecule has 0 aliphatic heterocycles. The monoisotopic (exact) mass is 225 g/mol. The van der Waals surface area contributed by atoms with Gasteiger partial charge in [-0.1, -0.05) is 12.1 Å². The van der Waals surface area contributed by atoms with E-state index in [1.165, 1.54) is 0 Å². The lowest BCUT2D eigenvalue weighted by Crippen LogP contribution is -2.03. The van der Waals surface area contributed by atoms with Crippen molar-refractivity contribution in [2.75, 3.05) is 0 Å². The number of aldehydes is 1. The number of imidazole rings is 1. The van der Waals surface area contributed by atoms with Crippen LogP contribution in [0.15, 0.2) is 36.8 Å². The molecule has 0 aliphatic carbocycles. The molecular formula is C13H11N3O. The predicted molar refractivity (Wildman–Crippen MR) is 62.3 cm³/mol. The molecule has 0 atom stereocenters. The van der Waals surface area contributed by atoms with Gasteiger partial charge < -0.3 is 9.36 Å². The zero-order chi connectivity index (χ0) is 12.1. The average Bonchev–Trinajstić information content (AvgIpc) is 2.78. The maximum absolute atomic E-state index is 10.5. The van der Waals surface area contributed by atoms with Crippen molar-refractivity contribution in [2.24, 2.45) is 0 Å². The second-order valence-electron chi connectivity index (χ2n) is 3.69. The zero-order valence-corrected chi connectivity index (χ0v) is 9.21. The molecule has 84 valence electrons. The molecule has 0 fully saturated rings. The first kappa shape index (κ1) is 11.1. The van der Waals surface area contributed by atoms with Crippen molar-refractivity contribution in [3.63, 3.8) is 0 Å². The Balaban J connectivity index is 2.16. The lowest BCUT2D eigenvalue weighted by atomic mass is 10.1. The largest absolute Gasteiger partial charge is 0.330 e. The molecule has 0 spiro atoms. The van der Waals surface area contributed by atoms with Gasteiger partial charge >= 0.3 is 0 Å². The highest BCUT2D eigenvalue weighted by Gasteiger charge is 2.02. The SMILES string of the molecule is N#Cc1ccc(Cn2cncc2CC=O)cc1. The Kier molecular flexibility index (Phi) is 3.31. The van der Waals surface area contributed by atoms with Gasteiger partial charge in [-0.25, -0.2) is 4.98 Å². The number of carbonyl (C=O) groups is 1. The maximum atomic E-state index is 10.5. The first-order valence-electron chi connectivity index (χ1n) is 5.25. The smallest absolute Gasteiger partial charge is 0.125 e. The van der Waals surface area contributed by atoms with Crippen LogP contribution in [0.5, 0.6) is 0 Å². The van der Waals surface area contributed by atoms with Crippen molar-refractivity contribution in [3.8, 4) is 6.07 Å². The Morgan fingerprint density at radius 1 is 1.35 bits per heavy atom. The highest BCUT2D eigenvalue weighted by atomic mass is 16.1. The van der Waals surface area contributed by atoms with Crippen LogP contribution in [0.2, 0.25) is 0 Å². The van der Waals surface area contributed by atoms with E-state index < -0.39 is 0 Å². The number of nitriles is 1. The van der Waals surface area contributed by atoms with Crippen molar-refractivity contribution in [1.29, 1.82) is 5.26 Å². The number of carbonyl (C=O) groups excluding carboxylic acids is 1. The summed E-state index contributed by atoms with van der Waals surface area (Å²) in [6.07, 6.45) is 4.64. The highest BCUT2D eigenvalue weighted by Crippen LogP contribution is 2.08. The molecule has 4 nitrogen and oxygen atoms in total. The molecule has 0 aliphatic rings. The van der Waals surface area contributed by atoms with Gasteiger partial charge in [-0.2, -0.15) is 5.26 Å². The Morgan fingerprint density at radius 2 is 2.12 bits per heavy atom. The van der Waals surface area contributed by atoms with Crippen LogP contribution in [0.25, 0.3) is 0 Å². The van der Waals surface area contributed by atoms with Gasteiger partial charge in [0.2, 0.25) is 0 Å². The summed E-state index contributed by atoms with van der Waals surface area (Å²) in [5.41, 5.74) is 2.62. The van der Waals surface area contributed by atoms with Gasteiger partial charge in [0.25, 0.3) is 0 Å². The lowest BCUT2D eigenvalue weighted by Gasteiger charge is -2.06. The summed E-state index contributed by atoms with van der Waals surface area (Å²) >= 11 is 0. The quantitative estimate of drug-likeness (QED) is 0.741. The van der Waals surface area contributed by atoms with E-state index >= 15 is 0 Å². The highest BCUT2D eigenvalue weighted by molar-refractivity contribution is 5.53. The molecule has 1 aromatic heterocycles. The van der Waals surface area contributed by atoms with Crippen LogP contribution >= 0.6 is 0 Å². The lowest BCUT2D eigenvalue weighted by molar-refractivity contribution is -0.107.